The summed E-state index contributed by atoms with van der Waals surface area (Å²) < 4.78 is 94.0. The van der Waals surface area contributed by atoms with Gasteiger partial charge in [0, 0.05) is 34.3 Å². The average molecular weight is 670 g/mol. The summed E-state index contributed by atoms with van der Waals surface area (Å²) in [6.07, 6.45) is -9.88. The van der Waals surface area contributed by atoms with Crippen molar-refractivity contribution in [3.8, 4) is 33.8 Å². The number of pyridine rings is 1. The Morgan fingerprint density at radius 1 is 0.767 bits per heavy atom. The fourth-order valence-electron chi connectivity index (χ4n) is 4.48. The van der Waals surface area contributed by atoms with Gasteiger partial charge in [-0.3, -0.25) is 4.79 Å². The molecule has 0 saturated carbocycles. The molecule has 0 fully saturated rings. The number of aryl methyl sites for hydroxylation is 1. The lowest BCUT2D eigenvalue weighted by atomic mass is 9.97. The van der Waals surface area contributed by atoms with Crippen LogP contribution in [0.4, 0.5) is 26.3 Å². The first-order valence-corrected chi connectivity index (χ1v) is 13.6. The molecule has 0 aliphatic heterocycles. The van der Waals surface area contributed by atoms with Crippen LogP contribution in [-0.4, -0.2) is 30.4 Å². The molecule has 4 aromatic rings. The maximum atomic E-state index is 13.9. The zero-order chi connectivity index (χ0) is 31.4. The van der Waals surface area contributed by atoms with E-state index < -0.39 is 35.8 Å². The van der Waals surface area contributed by atoms with Gasteiger partial charge in [-0.25, -0.2) is 4.79 Å². The van der Waals surface area contributed by atoms with Gasteiger partial charge in [0.25, 0.3) is 5.56 Å². The van der Waals surface area contributed by atoms with Crippen molar-refractivity contribution in [2.75, 3.05) is 7.11 Å². The number of halogens is 7. The fourth-order valence-corrected chi connectivity index (χ4v) is 5.09. The Bertz CT molecular complexity index is 1670. The molecule has 0 amide bonds. The smallest absolute Gasteiger partial charge is 0.465 e. The number of hydrogen-bond acceptors (Lipinski definition) is 5. The maximum Gasteiger partial charge on any atom is 0.573 e. The van der Waals surface area contributed by atoms with Gasteiger partial charge in [0.1, 0.15) is 11.5 Å². The van der Waals surface area contributed by atoms with Crippen molar-refractivity contribution in [3.63, 3.8) is 0 Å². The number of esters is 1. The quantitative estimate of drug-likeness (QED) is 0.103. The summed E-state index contributed by atoms with van der Waals surface area (Å²) in [7, 11) is 1.24. The van der Waals surface area contributed by atoms with Crippen molar-refractivity contribution < 1.29 is 45.3 Å². The zero-order valence-corrected chi connectivity index (χ0v) is 23.8. The Hall–Kier alpha value is -4.26. The molecule has 6 nitrogen and oxygen atoms in total. The molecular formula is C30H22BrF6NO5. The first-order valence-electron chi connectivity index (χ1n) is 12.5. The minimum absolute atomic E-state index is 0.000180. The van der Waals surface area contributed by atoms with Gasteiger partial charge in [-0.15, -0.1) is 26.3 Å². The summed E-state index contributed by atoms with van der Waals surface area (Å²) in [5.74, 6) is -1.76. The molecule has 1 aromatic heterocycles. The van der Waals surface area contributed by atoms with Crippen LogP contribution in [0.5, 0.6) is 11.5 Å². The Balaban J connectivity index is 1.92. The summed E-state index contributed by atoms with van der Waals surface area (Å²) in [4.78, 5) is 25.7. The Morgan fingerprint density at radius 2 is 1.28 bits per heavy atom. The topological polar surface area (TPSA) is 66.8 Å². The van der Waals surface area contributed by atoms with Crippen LogP contribution in [0.1, 0.15) is 21.6 Å². The predicted octanol–water partition coefficient (Wildman–Crippen LogP) is 7.90. The van der Waals surface area contributed by atoms with Crippen LogP contribution in [-0.2, 0) is 23.0 Å². The number of nitrogens with zero attached hydrogens (tertiary/aromatic N) is 1. The lowest BCUT2D eigenvalue weighted by molar-refractivity contribution is -0.275. The average Bonchev–Trinajstić information content (AvgIpc) is 2.95. The molecule has 0 aliphatic carbocycles. The number of carbonyl (C=O) groups is 1. The lowest BCUT2D eigenvalue weighted by Crippen LogP contribution is -2.27. The molecule has 13 heteroatoms. The van der Waals surface area contributed by atoms with E-state index in [9.17, 15) is 35.9 Å². The van der Waals surface area contributed by atoms with Crippen LogP contribution in [0.15, 0.2) is 83.7 Å². The number of hydrogen-bond donors (Lipinski definition) is 0. The predicted molar refractivity (Wildman–Crippen MR) is 149 cm³/mol. The van der Waals surface area contributed by atoms with Crippen molar-refractivity contribution in [1.82, 2.24) is 4.57 Å². The molecule has 0 N–H and O–H groups in total. The van der Waals surface area contributed by atoms with Crippen molar-refractivity contribution in [2.45, 2.75) is 31.0 Å². The second-order valence-electron chi connectivity index (χ2n) is 9.04. The van der Waals surface area contributed by atoms with Gasteiger partial charge >= 0.3 is 18.7 Å². The molecule has 0 saturated heterocycles. The van der Waals surface area contributed by atoms with Crippen LogP contribution in [0.3, 0.4) is 0 Å². The van der Waals surface area contributed by atoms with Crippen LogP contribution in [0, 0.1) is 0 Å². The maximum absolute atomic E-state index is 13.9. The van der Waals surface area contributed by atoms with Gasteiger partial charge in [-0.2, -0.15) is 0 Å². The van der Waals surface area contributed by atoms with E-state index in [0.717, 1.165) is 12.1 Å². The van der Waals surface area contributed by atoms with E-state index in [1.54, 1.807) is 12.1 Å². The second kappa shape index (κ2) is 12.9. The number of aromatic nitrogens is 1. The van der Waals surface area contributed by atoms with Crippen LogP contribution in [0.25, 0.3) is 22.3 Å². The van der Waals surface area contributed by atoms with E-state index in [-0.39, 0.29) is 46.2 Å². The third kappa shape index (κ3) is 7.78. The molecule has 0 radical (unpaired) electrons. The van der Waals surface area contributed by atoms with Gasteiger partial charge in [0.2, 0.25) is 0 Å². The first-order chi connectivity index (χ1) is 20.3. The van der Waals surface area contributed by atoms with Gasteiger partial charge in [0.05, 0.1) is 18.2 Å². The van der Waals surface area contributed by atoms with Gasteiger partial charge < -0.3 is 18.8 Å². The summed E-state index contributed by atoms with van der Waals surface area (Å²) in [5.41, 5.74) is 0.198. The summed E-state index contributed by atoms with van der Waals surface area (Å²) in [6.45, 7) is -0.0111. The number of benzene rings is 3. The molecule has 0 bridgehead atoms. The van der Waals surface area contributed by atoms with Crippen LogP contribution < -0.4 is 15.0 Å². The number of carbonyl (C=O) groups excluding carboxylic acids is 1. The fraction of sp³-hybridized carbons (Fsp3) is 0.200. The standard InChI is InChI=1S/C30H22BrF6NO5/c1-41-28(40)19-12-10-18(11-13-19)14-15-38-24(17-31)22(20-6-2-4-8-25(20)42-29(32,33)34)16-23(27(38)39)21-7-3-5-9-26(21)43-30(35,36)37/h2-13,16H,14-15,17H2,1H3. The minimum atomic E-state index is -5.07. The Labute approximate surface area is 249 Å². The Morgan fingerprint density at radius 3 is 1.77 bits per heavy atom. The van der Waals surface area contributed by atoms with E-state index >= 15 is 0 Å². The zero-order valence-electron chi connectivity index (χ0n) is 22.3. The van der Waals surface area contributed by atoms with E-state index in [1.165, 1.54) is 66.3 Å². The first kappa shape index (κ1) is 31.7. The number of rotatable bonds is 9. The van der Waals surface area contributed by atoms with Crippen LogP contribution in [0.2, 0.25) is 0 Å². The summed E-state index contributed by atoms with van der Waals surface area (Å²) >= 11 is 3.32. The molecule has 43 heavy (non-hydrogen) atoms. The van der Waals surface area contributed by atoms with E-state index in [0.29, 0.717) is 11.1 Å². The number of alkyl halides is 7. The lowest BCUT2D eigenvalue weighted by Gasteiger charge is -2.21. The van der Waals surface area contributed by atoms with Crippen molar-refractivity contribution >= 4 is 21.9 Å². The number of para-hydroxylation sites is 2. The van der Waals surface area contributed by atoms with Gasteiger partial charge in [-0.1, -0.05) is 64.5 Å². The normalized spacial score (nSPS) is 11.7. The SMILES string of the molecule is COC(=O)c1ccc(CCn2c(CBr)c(-c3ccccc3OC(F)(F)F)cc(-c3ccccc3OC(F)(F)F)c2=O)cc1. The second-order valence-corrected chi connectivity index (χ2v) is 9.60. The minimum Gasteiger partial charge on any atom is -0.465 e. The van der Waals surface area contributed by atoms with Crippen molar-refractivity contribution in [1.29, 1.82) is 0 Å². The van der Waals surface area contributed by atoms with E-state index in [1.807, 2.05) is 0 Å². The summed E-state index contributed by atoms with van der Waals surface area (Å²) in [6, 6.07) is 17.8. The molecule has 0 spiro atoms. The highest BCUT2D eigenvalue weighted by Gasteiger charge is 2.34. The summed E-state index contributed by atoms with van der Waals surface area (Å²) in [5, 5.41) is 0.000180. The van der Waals surface area contributed by atoms with Crippen molar-refractivity contribution in [2.24, 2.45) is 0 Å². The third-order valence-corrected chi connectivity index (χ3v) is 6.86. The highest BCUT2D eigenvalue weighted by Crippen LogP contribution is 2.39. The van der Waals surface area contributed by atoms with Crippen molar-refractivity contribution in [3.05, 3.63) is 106 Å². The third-order valence-electron chi connectivity index (χ3n) is 6.33. The van der Waals surface area contributed by atoms with E-state index in [4.69, 9.17) is 4.74 Å². The molecule has 4 rings (SSSR count). The monoisotopic (exact) mass is 669 g/mol. The number of ether oxygens (including phenoxy) is 3. The largest absolute Gasteiger partial charge is 0.573 e. The highest BCUT2D eigenvalue weighted by atomic mass is 79.9. The molecule has 0 atom stereocenters. The van der Waals surface area contributed by atoms with E-state index in [2.05, 4.69) is 25.4 Å². The number of methoxy groups -OCH3 is 1. The van der Waals surface area contributed by atoms with Gasteiger partial charge in [-0.05, 0) is 42.3 Å². The Kier molecular flexibility index (Phi) is 9.53. The molecular weight excluding hydrogens is 648 g/mol. The molecule has 1 heterocycles. The molecule has 3 aromatic carbocycles. The highest BCUT2D eigenvalue weighted by molar-refractivity contribution is 9.08. The molecule has 0 unspecified atom stereocenters. The van der Waals surface area contributed by atoms with Gasteiger partial charge in [0.15, 0.2) is 0 Å². The van der Waals surface area contributed by atoms with Crippen LogP contribution >= 0.6 is 15.9 Å². The molecule has 226 valence electrons. The molecule has 0 aliphatic rings.